The van der Waals surface area contributed by atoms with Crippen molar-refractivity contribution in [2.24, 2.45) is 5.73 Å². The molecule has 7 heteroatoms. The molecule has 0 fully saturated rings. The molecule has 0 saturated carbocycles. The topological polar surface area (TPSA) is 81.4 Å². The molecule has 1 aliphatic heterocycles. The van der Waals surface area contributed by atoms with Gasteiger partial charge < -0.3 is 10.5 Å². The van der Waals surface area contributed by atoms with Crippen molar-refractivity contribution in [2.45, 2.75) is 43.7 Å². The van der Waals surface area contributed by atoms with E-state index in [1.165, 1.54) is 6.07 Å². The molecule has 2 atom stereocenters. The number of nitrogens with two attached hydrogens (primary N) is 1. The van der Waals surface area contributed by atoms with Gasteiger partial charge in [0.05, 0.1) is 9.92 Å². The van der Waals surface area contributed by atoms with Crippen molar-refractivity contribution in [1.29, 1.82) is 0 Å². The number of hydrogen-bond acceptors (Lipinski definition) is 4. The van der Waals surface area contributed by atoms with Crippen LogP contribution < -0.4 is 15.2 Å². The Morgan fingerprint density at radius 3 is 2.90 bits per heavy atom. The summed E-state index contributed by atoms with van der Waals surface area (Å²) >= 11 is 6.09. The van der Waals surface area contributed by atoms with Gasteiger partial charge in [-0.2, -0.15) is 0 Å². The number of sulfonamides is 1. The first-order chi connectivity index (χ1) is 9.29. The smallest absolute Gasteiger partial charge is 0.240 e. The van der Waals surface area contributed by atoms with Crippen molar-refractivity contribution in [2.75, 3.05) is 6.54 Å². The Labute approximate surface area is 124 Å². The second-order valence-corrected chi connectivity index (χ2v) is 7.36. The maximum atomic E-state index is 12.2. The summed E-state index contributed by atoms with van der Waals surface area (Å²) in [6, 6.07) is 3.00. The quantitative estimate of drug-likeness (QED) is 0.865. The molecule has 0 aromatic heterocycles. The lowest BCUT2D eigenvalue weighted by molar-refractivity contribution is 0.255. The third kappa shape index (κ3) is 3.44. The van der Waals surface area contributed by atoms with Crippen LogP contribution in [0.15, 0.2) is 17.0 Å². The summed E-state index contributed by atoms with van der Waals surface area (Å²) in [5.74, 6) is 0.591. The summed E-state index contributed by atoms with van der Waals surface area (Å²) in [5, 5.41) is 0.333. The van der Waals surface area contributed by atoms with Gasteiger partial charge in [-0.15, -0.1) is 0 Å². The van der Waals surface area contributed by atoms with Crippen molar-refractivity contribution in [3.8, 4) is 5.75 Å². The predicted octanol–water partition coefficient (Wildman–Crippen LogP) is 1.68. The van der Waals surface area contributed by atoms with Crippen LogP contribution in [0.25, 0.3) is 0 Å². The predicted molar refractivity (Wildman–Crippen MR) is 78.7 cm³/mol. The zero-order chi connectivity index (χ0) is 14.9. The average molecular weight is 319 g/mol. The molecule has 1 aromatic carbocycles. The molecule has 1 heterocycles. The Hall–Kier alpha value is -0.820. The fourth-order valence-electron chi connectivity index (χ4n) is 2.12. The maximum absolute atomic E-state index is 12.2. The first-order valence-corrected chi connectivity index (χ1v) is 8.40. The number of nitrogens with one attached hydrogen (secondary N) is 1. The monoisotopic (exact) mass is 318 g/mol. The SMILES string of the molecule is CC(N)CCNS(=O)(=O)c1cc(Cl)c2c(c1)CC(C)O2. The van der Waals surface area contributed by atoms with E-state index in [1.807, 2.05) is 13.8 Å². The second-order valence-electron chi connectivity index (χ2n) is 5.19. The van der Waals surface area contributed by atoms with Gasteiger partial charge in [0.2, 0.25) is 10.0 Å². The molecule has 2 rings (SSSR count). The molecule has 3 N–H and O–H groups in total. The highest BCUT2D eigenvalue weighted by atomic mass is 35.5. The lowest BCUT2D eigenvalue weighted by Gasteiger charge is -2.10. The van der Waals surface area contributed by atoms with Gasteiger partial charge in [-0.1, -0.05) is 11.6 Å². The molecule has 1 aromatic rings. The van der Waals surface area contributed by atoms with Crippen LogP contribution >= 0.6 is 11.6 Å². The number of halogens is 1. The Morgan fingerprint density at radius 1 is 1.55 bits per heavy atom. The number of hydrogen-bond donors (Lipinski definition) is 2. The number of fused-ring (bicyclic) bond motifs is 1. The van der Waals surface area contributed by atoms with Gasteiger partial charge in [-0.05, 0) is 32.4 Å². The van der Waals surface area contributed by atoms with Gasteiger partial charge in [0, 0.05) is 24.6 Å². The van der Waals surface area contributed by atoms with Crippen LogP contribution in [0.1, 0.15) is 25.8 Å². The first kappa shape index (κ1) is 15.6. The average Bonchev–Trinajstić information content (AvgIpc) is 2.69. The van der Waals surface area contributed by atoms with E-state index in [4.69, 9.17) is 22.1 Å². The van der Waals surface area contributed by atoms with Crippen molar-refractivity contribution in [3.63, 3.8) is 0 Å². The van der Waals surface area contributed by atoms with Gasteiger partial charge in [0.15, 0.2) is 0 Å². The van der Waals surface area contributed by atoms with Gasteiger partial charge in [-0.25, -0.2) is 13.1 Å². The van der Waals surface area contributed by atoms with Crippen LogP contribution in [-0.2, 0) is 16.4 Å². The zero-order valence-corrected chi connectivity index (χ0v) is 13.1. The number of rotatable bonds is 5. The Kier molecular flexibility index (Phi) is 4.59. The fraction of sp³-hybridized carbons (Fsp3) is 0.538. The van der Waals surface area contributed by atoms with Gasteiger partial charge in [0.1, 0.15) is 11.9 Å². The van der Waals surface area contributed by atoms with E-state index in [0.29, 0.717) is 30.2 Å². The van der Waals surface area contributed by atoms with Crippen molar-refractivity contribution in [1.82, 2.24) is 4.72 Å². The van der Waals surface area contributed by atoms with Crippen LogP contribution in [0.3, 0.4) is 0 Å². The Balaban J connectivity index is 2.21. The minimum atomic E-state index is -3.56. The largest absolute Gasteiger partial charge is 0.489 e. The van der Waals surface area contributed by atoms with E-state index in [9.17, 15) is 8.42 Å². The third-order valence-electron chi connectivity index (χ3n) is 3.12. The van der Waals surface area contributed by atoms with Gasteiger partial charge in [-0.3, -0.25) is 0 Å². The second kappa shape index (κ2) is 5.89. The molecular weight excluding hydrogens is 300 g/mol. The Morgan fingerprint density at radius 2 is 2.25 bits per heavy atom. The molecule has 2 unspecified atom stereocenters. The van der Waals surface area contributed by atoms with E-state index in [1.54, 1.807) is 6.07 Å². The fourth-order valence-corrected chi connectivity index (χ4v) is 3.59. The molecular formula is C13H19ClN2O3S. The van der Waals surface area contributed by atoms with E-state index in [2.05, 4.69) is 4.72 Å². The maximum Gasteiger partial charge on any atom is 0.240 e. The van der Waals surface area contributed by atoms with Crippen molar-refractivity contribution < 1.29 is 13.2 Å². The lowest BCUT2D eigenvalue weighted by atomic mass is 10.1. The Bertz CT molecular complexity index is 602. The summed E-state index contributed by atoms with van der Waals surface area (Å²) in [6.45, 7) is 4.06. The minimum absolute atomic E-state index is 0.0199. The highest BCUT2D eigenvalue weighted by Gasteiger charge is 2.25. The molecule has 1 aliphatic rings. The molecule has 0 saturated heterocycles. The van der Waals surface area contributed by atoms with E-state index in [0.717, 1.165) is 5.56 Å². The lowest BCUT2D eigenvalue weighted by Crippen LogP contribution is -2.29. The first-order valence-electron chi connectivity index (χ1n) is 6.54. The summed E-state index contributed by atoms with van der Waals surface area (Å²) < 4.78 is 32.5. The molecule has 20 heavy (non-hydrogen) atoms. The van der Waals surface area contributed by atoms with Crippen molar-refractivity contribution >= 4 is 21.6 Å². The summed E-state index contributed by atoms with van der Waals surface area (Å²) in [4.78, 5) is 0.170. The minimum Gasteiger partial charge on any atom is -0.489 e. The van der Waals surface area contributed by atoms with Crippen LogP contribution in [0, 0.1) is 0 Å². The van der Waals surface area contributed by atoms with Gasteiger partial charge in [0.25, 0.3) is 0 Å². The van der Waals surface area contributed by atoms with E-state index < -0.39 is 10.0 Å². The standard InChI is InChI=1S/C13H19ClN2O3S/c1-8(15)3-4-16-20(17,18)11-6-10-5-9(2)19-13(10)12(14)7-11/h6-9,16H,3-5,15H2,1-2H3. The van der Waals surface area contributed by atoms with Crippen LogP contribution in [0.5, 0.6) is 5.75 Å². The molecule has 0 radical (unpaired) electrons. The molecule has 0 aliphatic carbocycles. The van der Waals surface area contributed by atoms with Crippen LogP contribution in [0.4, 0.5) is 0 Å². The summed E-state index contributed by atoms with van der Waals surface area (Å²) in [5.41, 5.74) is 6.43. The summed E-state index contributed by atoms with van der Waals surface area (Å²) in [6.07, 6.45) is 1.27. The molecule has 5 nitrogen and oxygen atoms in total. The van der Waals surface area contributed by atoms with E-state index >= 15 is 0 Å². The molecule has 112 valence electrons. The molecule has 0 bridgehead atoms. The third-order valence-corrected chi connectivity index (χ3v) is 4.84. The van der Waals surface area contributed by atoms with Crippen LogP contribution in [0.2, 0.25) is 5.02 Å². The number of benzene rings is 1. The van der Waals surface area contributed by atoms with E-state index in [-0.39, 0.29) is 17.0 Å². The van der Waals surface area contributed by atoms with Gasteiger partial charge >= 0.3 is 0 Å². The highest BCUT2D eigenvalue weighted by Crippen LogP contribution is 2.37. The normalized spacial score (nSPS) is 19.5. The molecule has 0 amide bonds. The molecule has 0 spiro atoms. The number of ether oxygens (including phenoxy) is 1. The summed E-state index contributed by atoms with van der Waals surface area (Å²) in [7, 11) is -3.56. The van der Waals surface area contributed by atoms with Crippen LogP contribution in [-0.4, -0.2) is 27.1 Å². The van der Waals surface area contributed by atoms with Crippen molar-refractivity contribution in [3.05, 3.63) is 22.7 Å². The zero-order valence-electron chi connectivity index (χ0n) is 11.5. The highest BCUT2D eigenvalue weighted by molar-refractivity contribution is 7.89.